The van der Waals surface area contributed by atoms with Gasteiger partial charge in [0.15, 0.2) is 5.82 Å². The first-order chi connectivity index (χ1) is 16.0. The molecule has 0 radical (unpaired) electrons. The number of rotatable bonds is 6. The van der Waals surface area contributed by atoms with Crippen molar-refractivity contribution < 1.29 is 14.3 Å². The molecule has 33 heavy (non-hydrogen) atoms. The Bertz CT molecular complexity index is 942. The molecular formula is C25H33N5O3. The highest BCUT2D eigenvalue weighted by Crippen LogP contribution is 2.20. The van der Waals surface area contributed by atoms with Gasteiger partial charge >= 0.3 is 0 Å². The molecule has 1 aromatic heterocycles. The summed E-state index contributed by atoms with van der Waals surface area (Å²) in [6, 6.07) is 12.2. The lowest BCUT2D eigenvalue weighted by molar-refractivity contribution is -0.140. The first-order valence-electron chi connectivity index (χ1n) is 11.8. The fourth-order valence-corrected chi connectivity index (χ4v) is 4.37. The molecule has 2 aliphatic heterocycles. The number of aryl methyl sites for hydroxylation is 1. The highest BCUT2D eigenvalue weighted by Gasteiger charge is 2.26. The summed E-state index contributed by atoms with van der Waals surface area (Å²) < 4.78 is 5.65. The van der Waals surface area contributed by atoms with Gasteiger partial charge in [0.2, 0.25) is 11.8 Å². The zero-order chi connectivity index (χ0) is 23.2. The van der Waals surface area contributed by atoms with E-state index in [1.165, 1.54) is 12.5 Å². The van der Waals surface area contributed by atoms with Gasteiger partial charge in [0.25, 0.3) is 0 Å². The molecule has 2 saturated heterocycles. The second kappa shape index (κ2) is 10.7. The minimum absolute atomic E-state index is 0.00847. The molecule has 2 fully saturated rings. The quantitative estimate of drug-likeness (QED) is 0.672. The van der Waals surface area contributed by atoms with Gasteiger partial charge in [-0.3, -0.25) is 9.59 Å². The van der Waals surface area contributed by atoms with E-state index in [0.717, 1.165) is 49.5 Å². The molecule has 0 bridgehead atoms. The molecule has 2 amide bonds. The number of carbonyl (C=O) groups excluding carboxylic acids is 2. The zero-order valence-electron chi connectivity index (χ0n) is 19.6. The fraction of sp³-hybridized carbons (Fsp3) is 0.520. The van der Waals surface area contributed by atoms with Gasteiger partial charge in [-0.1, -0.05) is 29.8 Å². The number of amides is 2. The van der Waals surface area contributed by atoms with Crippen molar-refractivity contribution in [3.63, 3.8) is 0 Å². The minimum atomic E-state index is -0.0840. The van der Waals surface area contributed by atoms with Crippen LogP contribution in [0.3, 0.4) is 0 Å². The zero-order valence-corrected chi connectivity index (χ0v) is 19.6. The van der Waals surface area contributed by atoms with E-state index in [0.29, 0.717) is 26.2 Å². The number of anilines is 1. The van der Waals surface area contributed by atoms with Gasteiger partial charge in [-0.25, -0.2) is 0 Å². The lowest BCUT2D eigenvalue weighted by Crippen LogP contribution is -2.45. The maximum atomic E-state index is 13.0. The van der Waals surface area contributed by atoms with E-state index < -0.39 is 0 Å². The minimum Gasteiger partial charge on any atom is -0.376 e. The molecule has 8 heteroatoms. The number of hydrogen-bond acceptors (Lipinski definition) is 6. The summed E-state index contributed by atoms with van der Waals surface area (Å²) in [4.78, 5) is 30.7. The maximum Gasteiger partial charge on any atom is 0.242 e. The van der Waals surface area contributed by atoms with Gasteiger partial charge in [0.1, 0.15) is 0 Å². The third-order valence-electron chi connectivity index (χ3n) is 6.39. The van der Waals surface area contributed by atoms with Crippen molar-refractivity contribution in [1.82, 2.24) is 20.0 Å². The second-order valence-electron chi connectivity index (χ2n) is 8.90. The lowest BCUT2D eigenvalue weighted by Gasteiger charge is -2.27. The van der Waals surface area contributed by atoms with Crippen LogP contribution in [0.1, 0.15) is 31.7 Å². The predicted molar refractivity (Wildman–Crippen MR) is 127 cm³/mol. The average Bonchev–Trinajstić information content (AvgIpc) is 3.20. The van der Waals surface area contributed by atoms with Crippen LogP contribution >= 0.6 is 0 Å². The summed E-state index contributed by atoms with van der Waals surface area (Å²) in [6.07, 6.45) is 2.85. The second-order valence-corrected chi connectivity index (χ2v) is 8.90. The van der Waals surface area contributed by atoms with Crippen molar-refractivity contribution >= 4 is 17.6 Å². The summed E-state index contributed by atoms with van der Waals surface area (Å²) in [7, 11) is 0. The van der Waals surface area contributed by atoms with Crippen molar-refractivity contribution in [3.8, 4) is 11.3 Å². The molecule has 0 unspecified atom stereocenters. The van der Waals surface area contributed by atoms with Crippen molar-refractivity contribution in [3.05, 3.63) is 42.0 Å². The molecular weight excluding hydrogens is 418 g/mol. The van der Waals surface area contributed by atoms with E-state index in [2.05, 4.69) is 46.3 Å². The standard InChI is InChI=1S/C25H33N5O3/c1-19-6-8-21(9-7-19)23-10-11-24(27-26-23)28-12-4-13-29(15-14-28)25(32)18-30(20(2)31)17-22-5-3-16-33-22/h6-11,22H,3-5,12-18H2,1-2H3/t22-/m1/s1. The van der Waals surface area contributed by atoms with E-state index in [9.17, 15) is 9.59 Å². The van der Waals surface area contributed by atoms with Gasteiger partial charge in [0.05, 0.1) is 18.3 Å². The molecule has 176 valence electrons. The molecule has 1 aromatic carbocycles. The van der Waals surface area contributed by atoms with Crippen LogP contribution in [0.25, 0.3) is 11.3 Å². The van der Waals surface area contributed by atoms with Crippen molar-refractivity contribution in [2.75, 3.05) is 50.8 Å². The largest absolute Gasteiger partial charge is 0.376 e. The van der Waals surface area contributed by atoms with E-state index in [1.54, 1.807) is 4.90 Å². The fourth-order valence-electron chi connectivity index (χ4n) is 4.37. The maximum absolute atomic E-state index is 13.0. The summed E-state index contributed by atoms with van der Waals surface area (Å²) in [5.41, 5.74) is 3.11. The molecule has 4 rings (SSSR count). The highest BCUT2D eigenvalue weighted by molar-refractivity contribution is 5.84. The molecule has 2 aromatic rings. The van der Waals surface area contributed by atoms with E-state index in [4.69, 9.17) is 4.74 Å². The Labute approximate surface area is 195 Å². The van der Waals surface area contributed by atoms with E-state index in [1.807, 2.05) is 17.0 Å². The molecule has 0 N–H and O–H groups in total. The van der Waals surface area contributed by atoms with Crippen LogP contribution in [-0.4, -0.2) is 83.8 Å². The highest BCUT2D eigenvalue weighted by atomic mass is 16.5. The SMILES string of the molecule is CC(=O)N(CC(=O)N1CCCN(c2ccc(-c3ccc(C)cc3)nn2)CC1)C[C@H]1CCCO1. The first kappa shape index (κ1) is 23.2. The summed E-state index contributed by atoms with van der Waals surface area (Å²) >= 11 is 0. The molecule has 3 heterocycles. The molecule has 1 atom stereocenters. The summed E-state index contributed by atoms with van der Waals surface area (Å²) in [6.45, 7) is 7.71. The van der Waals surface area contributed by atoms with Crippen molar-refractivity contribution in [2.45, 2.75) is 39.2 Å². The molecule has 0 saturated carbocycles. The Hall–Kier alpha value is -3.00. The summed E-state index contributed by atoms with van der Waals surface area (Å²) in [5, 5.41) is 8.87. The smallest absolute Gasteiger partial charge is 0.242 e. The molecule has 0 aliphatic carbocycles. The Morgan fingerprint density at radius 1 is 1.03 bits per heavy atom. The lowest BCUT2D eigenvalue weighted by atomic mass is 10.1. The third-order valence-corrected chi connectivity index (χ3v) is 6.39. The number of nitrogens with zero attached hydrogens (tertiary/aromatic N) is 5. The Morgan fingerprint density at radius 3 is 2.52 bits per heavy atom. The van der Waals surface area contributed by atoms with E-state index >= 15 is 0 Å². The number of hydrogen-bond donors (Lipinski definition) is 0. The first-order valence-corrected chi connectivity index (χ1v) is 11.8. The predicted octanol–water partition coefficient (Wildman–Crippen LogP) is 2.52. The monoisotopic (exact) mass is 451 g/mol. The normalized spacial score (nSPS) is 18.8. The topological polar surface area (TPSA) is 78.9 Å². The van der Waals surface area contributed by atoms with Gasteiger partial charge < -0.3 is 19.4 Å². The van der Waals surface area contributed by atoms with Gasteiger partial charge in [-0.15, -0.1) is 10.2 Å². The van der Waals surface area contributed by atoms with Crippen molar-refractivity contribution in [1.29, 1.82) is 0 Å². The van der Waals surface area contributed by atoms with Crippen LogP contribution in [-0.2, 0) is 14.3 Å². The Balaban J connectivity index is 1.33. The van der Waals surface area contributed by atoms with Crippen LogP contribution < -0.4 is 4.90 Å². The number of ether oxygens (including phenoxy) is 1. The molecule has 8 nitrogen and oxygen atoms in total. The van der Waals surface area contributed by atoms with Crippen LogP contribution in [0, 0.1) is 6.92 Å². The average molecular weight is 452 g/mol. The number of carbonyl (C=O) groups is 2. The van der Waals surface area contributed by atoms with E-state index in [-0.39, 0.29) is 24.5 Å². The molecule has 2 aliphatic rings. The van der Waals surface area contributed by atoms with Crippen LogP contribution in [0.5, 0.6) is 0 Å². The van der Waals surface area contributed by atoms with Crippen LogP contribution in [0.2, 0.25) is 0 Å². The Morgan fingerprint density at radius 2 is 1.85 bits per heavy atom. The van der Waals surface area contributed by atoms with Crippen LogP contribution in [0.4, 0.5) is 5.82 Å². The van der Waals surface area contributed by atoms with Gasteiger partial charge in [-0.2, -0.15) is 0 Å². The van der Waals surface area contributed by atoms with Gasteiger partial charge in [-0.05, 0) is 38.3 Å². The Kier molecular flexibility index (Phi) is 7.54. The van der Waals surface area contributed by atoms with Crippen LogP contribution in [0.15, 0.2) is 36.4 Å². The van der Waals surface area contributed by atoms with Gasteiger partial charge in [0, 0.05) is 51.8 Å². The number of aromatic nitrogens is 2. The third kappa shape index (κ3) is 6.07. The van der Waals surface area contributed by atoms with Crippen molar-refractivity contribution in [2.24, 2.45) is 0 Å². The number of benzene rings is 1. The summed E-state index contributed by atoms with van der Waals surface area (Å²) in [5.74, 6) is 0.731. The molecule has 0 spiro atoms.